The number of benzene rings is 2. The zero-order valence-electron chi connectivity index (χ0n) is 20.1. The SMILES string of the molecule is Cc1ccc(S(=O)(=O)n2cc(C(C)C)c3nc(Cc4c(C)cc(B(O)O)cc4C)ccc32)cc1. The third-order valence-corrected chi connectivity index (χ3v) is 7.96. The number of hydrogen-bond acceptors (Lipinski definition) is 5. The van der Waals surface area contributed by atoms with Crippen LogP contribution < -0.4 is 5.46 Å². The Kier molecular flexibility index (Phi) is 6.42. The number of pyridine rings is 1. The van der Waals surface area contributed by atoms with E-state index in [9.17, 15) is 18.5 Å². The third-order valence-electron chi connectivity index (χ3n) is 6.27. The van der Waals surface area contributed by atoms with Gasteiger partial charge >= 0.3 is 7.12 Å². The minimum absolute atomic E-state index is 0.0912. The van der Waals surface area contributed by atoms with E-state index in [1.54, 1.807) is 42.6 Å². The zero-order chi connectivity index (χ0) is 24.8. The maximum atomic E-state index is 13.4. The molecule has 2 aromatic carbocycles. The van der Waals surface area contributed by atoms with Crippen LogP contribution in [0.1, 0.15) is 53.3 Å². The molecule has 0 spiro atoms. The Morgan fingerprint density at radius 1 is 0.971 bits per heavy atom. The molecule has 0 aliphatic rings. The predicted octanol–water partition coefficient (Wildman–Crippen LogP) is 3.59. The number of nitrogens with zero attached hydrogens (tertiary/aromatic N) is 2. The van der Waals surface area contributed by atoms with Crippen LogP contribution in [-0.4, -0.2) is 34.5 Å². The fraction of sp³-hybridized carbons (Fsp3) is 0.269. The summed E-state index contributed by atoms with van der Waals surface area (Å²) >= 11 is 0. The second-order valence-corrected chi connectivity index (χ2v) is 11.0. The van der Waals surface area contributed by atoms with E-state index >= 15 is 0 Å². The van der Waals surface area contributed by atoms with Gasteiger partial charge in [0.25, 0.3) is 10.0 Å². The third kappa shape index (κ3) is 4.41. The summed E-state index contributed by atoms with van der Waals surface area (Å²) in [5.41, 5.74) is 7.36. The molecule has 2 aromatic heterocycles. The smallest absolute Gasteiger partial charge is 0.423 e. The minimum Gasteiger partial charge on any atom is -0.423 e. The number of aromatic nitrogens is 2. The molecule has 0 saturated carbocycles. The Balaban J connectivity index is 1.81. The van der Waals surface area contributed by atoms with Gasteiger partial charge in [-0.2, -0.15) is 0 Å². The van der Waals surface area contributed by atoms with Crippen LogP contribution in [0.15, 0.2) is 59.6 Å². The summed E-state index contributed by atoms with van der Waals surface area (Å²) in [6, 6.07) is 14.1. The highest BCUT2D eigenvalue weighted by molar-refractivity contribution is 7.90. The molecule has 0 atom stereocenters. The summed E-state index contributed by atoms with van der Waals surface area (Å²) in [5.74, 6) is 0.0912. The van der Waals surface area contributed by atoms with Gasteiger partial charge in [-0.1, -0.05) is 43.7 Å². The van der Waals surface area contributed by atoms with Gasteiger partial charge in [0.05, 0.1) is 15.9 Å². The molecule has 176 valence electrons. The summed E-state index contributed by atoms with van der Waals surface area (Å²) in [6.45, 7) is 9.86. The molecule has 4 rings (SSSR count). The van der Waals surface area contributed by atoms with Gasteiger partial charge in [0.15, 0.2) is 0 Å². The summed E-state index contributed by atoms with van der Waals surface area (Å²) < 4.78 is 28.2. The number of fused-ring (bicyclic) bond motifs is 1. The van der Waals surface area contributed by atoms with Gasteiger partial charge in [0.2, 0.25) is 0 Å². The molecular formula is C26H29BN2O4S. The quantitative estimate of drug-likeness (QED) is 0.415. The number of hydrogen-bond donors (Lipinski definition) is 2. The van der Waals surface area contributed by atoms with E-state index in [2.05, 4.69) is 0 Å². The average Bonchev–Trinajstić information content (AvgIpc) is 3.16. The molecule has 34 heavy (non-hydrogen) atoms. The van der Waals surface area contributed by atoms with E-state index in [-0.39, 0.29) is 10.8 Å². The Labute approximate surface area is 201 Å². The highest BCUT2D eigenvalue weighted by Crippen LogP contribution is 2.30. The Morgan fingerprint density at radius 2 is 1.59 bits per heavy atom. The van der Waals surface area contributed by atoms with Crippen LogP contribution in [-0.2, 0) is 16.4 Å². The van der Waals surface area contributed by atoms with Crippen molar-refractivity contribution in [2.75, 3.05) is 0 Å². The Bertz CT molecular complexity index is 1450. The van der Waals surface area contributed by atoms with Crippen molar-refractivity contribution < 1.29 is 18.5 Å². The molecule has 0 unspecified atom stereocenters. The molecule has 0 fully saturated rings. The highest BCUT2D eigenvalue weighted by atomic mass is 32.2. The van der Waals surface area contributed by atoms with Gasteiger partial charge in [0.1, 0.15) is 0 Å². The van der Waals surface area contributed by atoms with E-state index in [1.807, 2.05) is 46.8 Å². The topological polar surface area (TPSA) is 92.4 Å². The zero-order valence-corrected chi connectivity index (χ0v) is 20.9. The van der Waals surface area contributed by atoms with Crippen molar-refractivity contribution in [2.24, 2.45) is 0 Å². The Morgan fingerprint density at radius 3 is 2.15 bits per heavy atom. The van der Waals surface area contributed by atoms with Crippen LogP contribution in [0.4, 0.5) is 0 Å². The molecule has 0 aliphatic heterocycles. The molecule has 0 amide bonds. The molecule has 6 nitrogen and oxygen atoms in total. The minimum atomic E-state index is -3.76. The summed E-state index contributed by atoms with van der Waals surface area (Å²) in [4.78, 5) is 5.13. The van der Waals surface area contributed by atoms with E-state index in [4.69, 9.17) is 4.98 Å². The number of rotatable bonds is 6. The fourth-order valence-corrected chi connectivity index (χ4v) is 5.68. The molecule has 2 N–H and O–H groups in total. The average molecular weight is 476 g/mol. The molecule has 2 heterocycles. The van der Waals surface area contributed by atoms with E-state index in [1.165, 1.54) is 3.97 Å². The van der Waals surface area contributed by atoms with Crippen molar-refractivity contribution >= 4 is 33.6 Å². The first-order valence-electron chi connectivity index (χ1n) is 11.3. The van der Waals surface area contributed by atoms with Crippen molar-refractivity contribution in [1.82, 2.24) is 8.96 Å². The van der Waals surface area contributed by atoms with Crippen molar-refractivity contribution in [3.8, 4) is 0 Å². The largest absolute Gasteiger partial charge is 0.488 e. The first kappa shape index (κ1) is 24.2. The van der Waals surface area contributed by atoms with E-state index < -0.39 is 17.1 Å². The molecule has 0 radical (unpaired) electrons. The van der Waals surface area contributed by atoms with Crippen molar-refractivity contribution in [3.05, 3.63) is 88.2 Å². The molecule has 8 heteroatoms. The van der Waals surface area contributed by atoms with Crippen LogP contribution in [0.25, 0.3) is 11.0 Å². The summed E-state index contributed by atoms with van der Waals surface area (Å²) in [6.07, 6.45) is 2.25. The maximum absolute atomic E-state index is 13.4. The van der Waals surface area contributed by atoms with Gasteiger partial charge in [-0.05, 0) is 78.7 Å². The lowest BCUT2D eigenvalue weighted by atomic mass is 9.77. The van der Waals surface area contributed by atoms with Crippen LogP contribution >= 0.6 is 0 Å². The molecule has 0 bridgehead atoms. The normalized spacial score (nSPS) is 12.0. The second kappa shape index (κ2) is 9.02. The second-order valence-electron chi connectivity index (χ2n) is 9.21. The van der Waals surface area contributed by atoms with Gasteiger partial charge in [-0.15, -0.1) is 0 Å². The lowest BCUT2D eigenvalue weighted by molar-refractivity contribution is 0.425. The fourth-order valence-electron chi connectivity index (χ4n) is 4.32. The maximum Gasteiger partial charge on any atom is 0.488 e. The standard InChI is InChI=1S/C26H29BN2O4S/c1-16(2)24-15-29(34(32,33)22-9-6-17(3)7-10-22)25-11-8-21(28-26(24)25)14-23-18(4)12-20(27(30)31)13-19(23)5/h6-13,15-16,30-31H,14H2,1-5H3. The van der Waals surface area contributed by atoms with Crippen LogP contribution in [0.3, 0.4) is 0 Å². The van der Waals surface area contributed by atoms with Gasteiger partial charge in [-0.3, -0.25) is 4.98 Å². The summed E-state index contributed by atoms with van der Waals surface area (Å²) in [5, 5.41) is 19.0. The van der Waals surface area contributed by atoms with E-state index in [0.717, 1.165) is 33.5 Å². The molecule has 4 aromatic rings. The van der Waals surface area contributed by atoms with Gasteiger partial charge in [0, 0.05) is 18.3 Å². The Hall–Kier alpha value is -2.94. The molecular weight excluding hydrogens is 447 g/mol. The summed E-state index contributed by atoms with van der Waals surface area (Å²) in [7, 11) is -5.27. The highest BCUT2D eigenvalue weighted by Gasteiger charge is 2.23. The van der Waals surface area contributed by atoms with Gasteiger partial charge < -0.3 is 10.0 Å². The lowest BCUT2D eigenvalue weighted by Gasteiger charge is -2.13. The van der Waals surface area contributed by atoms with Gasteiger partial charge in [-0.25, -0.2) is 12.4 Å². The van der Waals surface area contributed by atoms with Crippen molar-refractivity contribution in [3.63, 3.8) is 0 Å². The predicted molar refractivity (Wildman–Crippen MR) is 136 cm³/mol. The van der Waals surface area contributed by atoms with E-state index in [0.29, 0.717) is 22.9 Å². The van der Waals surface area contributed by atoms with Crippen molar-refractivity contribution in [2.45, 2.75) is 51.9 Å². The van der Waals surface area contributed by atoms with Crippen molar-refractivity contribution in [1.29, 1.82) is 0 Å². The van der Waals surface area contributed by atoms with Crippen LogP contribution in [0.2, 0.25) is 0 Å². The van der Waals surface area contributed by atoms with Crippen LogP contribution in [0, 0.1) is 20.8 Å². The first-order chi connectivity index (χ1) is 16.0. The number of aryl methyl sites for hydroxylation is 3. The monoisotopic (exact) mass is 476 g/mol. The first-order valence-corrected chi connectivity index (χ1v) is 12.7. The van der Waals surface area contributed by atoms with Crippen LogP contribution in [0.5, 0.6) is 0 Å². The molecule has 0 aliphatic carbocycles. The molecule has 0 saturated heterocycles. The lowest BCUT2D eigenvalue weighted by Crippen LogP contribution is -2.30.